The number of nitrogens with zero attached hydrogens (tertiary/aromatic N) is 2. The Morgan fingerprint density at radius 2 is 1.88 bits per heavy atom. The van der Waals surface area contributed by atoms with E-state index in [0.29, 0.717) is 38.5 Å². The third-order valence-electron chi connectivity index (χ3n) is 7.17. The molecule has 3 aromatic rings. The molecule has 220 valence electrons. The maximum Gasteiger partial charge on any atom is 0.288 e. The zero-order chi connectivity index (χ0) is 28.8. The SMILES string of the molecule is COc1ccc(S(=O)(=O)N(CCO)CCO[C@@H]2C[C@H](c3csc4ccccc34)C=C(C(=O)N3CCOCC3)O2)cc1. The lowest BCUT2D eigenvalue weighted by atomic mass is 9.92. The van der Waals surface area contributed by atoms with Crippen LogP contribution in [0.3, 0.4) is 0 Å². The lowest BCUT2D eigenvalue weighted by Gasteiger charge is -2.33. The van der Waals surface area contributed by atoms with Crippen LogP contribution in [0.4, 0.5) is 0 Å². The third kappa shape index (κ3) is 6.74. The average molecular weight is 603 g/mol. The van der Waals surface area contributed by atoms with Crippen LogP contribution >= 0.6 is 11.3 Å². The molecule has 0 radical (unpaired) electrons. The van der Waals surface area contributed by atoms with E-state index in [9.17, 15) is 18.3 Å². The summed E-state index contributed by atoms with van der Waals surface area (Å²) in [7, 11) is -2.38. The van der Waals surface area contributed by atoms with Crippen LogP contribution in [0.2, 0.25) is 0 Å². The van der Waals surface area contributed by atoms with E-state index >= 15 is 0 Å². The molecule has 10 nitrogen and oxygen atoms in total. The number of benzene rings is 2. The van der Waals surface area contributed by atoms with Gasteiger partial charge in [0.05, 0.1) is 38.4 Å². The topological polar surface area (TPSA) is 115 Å². The van der Waals surface area contributed by atoms with Crippen molar-refractivity contribution in [1.82, 2.24) is 9.21 Å². The maximum absolute atomic E-state index is 13.4. The highest BCUT2D eigenvalue weighted by Gasteiger charge is 2.33. The molecule has 0 bridgehead atoms. The number of aliphatic hydroxyl groups excluding tert-OH is 1. The van der Waals surface area contributed by atoms with Crippen molar-refractivity contribution >= 4 is 37.4 Å². The molecule has 3 heterocycles. The van der Waals surface area contributed by atoms with Gasteiger partial charge < -0.3 is 29.0 Å². The normalized spacial score (nSPS) is 19.7. The predicted octanol–water partition coefficient (Wildman–Crippen LogP) is 3.18. The second-order valence-corrected chi connectivity index (χ2v) is 12.5. The standard InChI is InChI=1S/C29H34N2O8S2/c1-36-22-6-8-23(9-7-22)41(34,35)31(10-14-32)13-17-38-28-19-21(25-20-40-27-5-3-2-4-24(25)27)18-26(39-28)29(33)30-11-15-37-16-12-30/h2-9,18,20-21,28,32H,10-17,19H2,1H3/t21-,28+/m1/s1. The molecule has 0 aliphatic carbocycles. The number of carbonyl (C=O) groups is 1. The van der Waals surface area contributed by atoms with Gasteiger partial charge in [0.2, 0.25) is 16.3 Å². The van der Waals surface area contributed by atoms with E-state index in [2.05, 4.69) is 17.5 Å². The van der Waals surface area contributed by atoms with Gasteiger partial charge in [-0.15, -0.1) is 11.3 Å². The molecule has 0 spiro atoms. The Kier molecular flexibility index (Phi) is 9.58. The summed E-state index contributed by atoms with van der Waals surface area (Å²) in [6.07, 6.45) is 1.58. The van der Waals surface area contributed by atoms with Crippen molar-refractivity contribution in [3.8, 4) is 5.75 Å². The number of aliphatic hydroxyl groups is 1. The van der Waals surface area contributed by atoms with Gasteiger partial charge in [0.25, 0.3) is 5.91 Å². The van der Waals surface area contributed by atoms with Crippen molar-refractivity contribution in [2.75, 3.05) is 59.7 Å². The Morgan fingerprint density at radius 1 is 1.12 bits per heavy atom. The van der Waals surface area contributed by atoms with Gasteiger partial charge in [-0.05, 0) is 52.7 Å². The summed E-state index contributed by atoms with van der Waals surface area (Å²) in [6, 6.07) is 14.2. The largest absolute Gasteiger partial charge is 0.497 e. The number of rotatable bonds is 11. The fraction of sp³-hybridized carbons (Fsp3) is 0.414. The van der Waals surface area contributed by atoms with E-state index in [1.54, 1.807) is 28.4 Å². The minimum absolute atomic E-state index is 0.00269. The molecule has 2 aliphatic heterocycles. The van der Waals surface area contributed by atoms with Gasteiger partial charge in [0, 0.05) is 43.2 Å². The smallest absolute Gasteiger partial charge is 0.288 e. The number of hydrogen-bond donors (Lipinski definition) is 1. The number of thiophene rings is 1. The molecule has 1 saturated heterocycles. The van der Waals surface area contributed by atoms with Gasteiger partial charge in [0.15, 0.2) is 5.76 Å². The van der Waals surface area contributed by atoms with Crippen molar-refractivity contribution in [3.63, 3.8) is 0 Å². The summed E-state index contributed by atoms with van der Waals surface area (Å²) in [5.74, 6) is 0.428. The quantitative estimate of drug-likeness (QED) is 0.356. The summed E-state index contributed by atoms with van der Waals surface area (Å²) >= 11 is 1.65. The molecule has 0 unspecified atom stereocenters. The van der Waals surface area contributed by atoms with Crippen LogP contribution in [0, 0.1) is 0 Å². The Labute approximate surface area is 243 Å². The highest BCUT2D eigenvalue weighted by atomic mass is 32.2. The van der Waals surface area contributed by atoms with Gasteiger partial charge >= 0.3 is 0 Å². The first-order valence-electron chi connectivity index (χ1n) is 13.5. The summed E-state index contributed by atoms with van der Waals surface area (Å²) in [4.78, 5) is 15.2. The molecule has 2 aliphatic rings. The minimum Gasteiger partial charge on any atom is -0.497 e. The van der Waals surface area contributed by atoms with Crippen molar-refractivity contribution in [2.24, 2.45) is 0 Å². The Morgan fingerprint density at radius 3 is 2.61 bits per heavy atom. The van der Waals surface area contributed by atoms with Crippen LogP contribution in [-0.2, 0) is 29.0 Å². The van der Waals surface area contributed by atoms with Crippen molar-refractivity contribution in [3.05, 3.63) is 71.3 Å². The molecule has 1 amide bonds. The molecule has 1 N–H and O–H groups in total. The summed E-state index contributed by atoms with van der Waals surface area (Å²) < 4.78 is 51.5. The fourth-order valence-electron chi connectivity index (χ4n) is 4.98. The first kappa shape index (κ1) is 29.5. The summed E-state index contributed by atoms with van der Waals surface area (Å²) in [6.45, 7) is 1.49. The second kappa shape index (κ2) is 13.3. The monoisotopic (exact) mass is 602 g/mol. The second-order valence-electron chi connectivity index (χ2n) is 9.69. The molecule has 1 fully saturated rings. The number of hydrogen-bond acceptors (Lipinski definition) is 9. The molecule has 41 heavy (non-hydrogen) atoms. The summed E-state index contributed by atoms with van der Waals surface area (Å²) in [5.41, 5.74) is 1.10. The molecular weight excluding hydrogens is 568 g/mol. The van der Waals surface area contributed by atoms with Crippen molar-refractivity contribution in [2.45, 2.75) is 23.5 Å². The number of allylic oxidation sites excluding steroid dienone is 1. The van der Waals surface area contributed by atoms with Gasteiger partial charge in [-0.2, -0.15) is 4.31 Å². The van der Waals surface area contributed by atoms with Crippen LogP contribution in [0.15, 0.2) is 70.6 Å². The number of morpholine rings is 1. The number of fused-ring (bicyclic) bond motifs is 1. The van der Waals surface area contributed by atoms with Gasteiger partial charge in [0.1, 0.15) is 5.75 Å². The first-order valence-corrected chi connectivity index (χ1v) is 15.8. The highest BCUT2D eigenvalue weighted by molar-refractivity contribution is 7.89. The number of carbonyl (C=O) groups excluding carboxylic acids is 1. The van der Waals surface area contributed by atoms with Crippen molar-refractivity contribution in [1.29, 1.82) is 0 Å². The number of methoxy groups -OCH3 is 1. The maximum atomic E-state index is 13.4. The first-order chi connectivity index (χ1) is 19.9. The lowest BCUT2D eigenvalue weighted by molar-refractivity contribution is -0.155. The Hall–Kier alpha value is -3.00. The van der Waals surface area contributed by atoms with E-state index < -0.39 is 16.3 Å². The van der Waals surface area contributed by atoms with Gasteiger partial charge in [-0.25, -0.2) is 8.42 Å². The average Bonchev–Trinajstić information content (AvgIpc) is 3.45. The van der Waals surface area contributed by atoms with Crippen LogP contribution in [-0.4, -0.2) is 94.6 Å². The zero-order valence-electron chi connectivity index (χ0n) is 22.8. The third-order valence-corrected chi connectivity index (χ3v) is 10.1. The van der Waals surface area contributed by atoms with Gasteiger partial charge in [-0.1, -0.05) is 18.2 Å². The molecule has 12 heteroatoms. The molecule has 1 aromatic heterocycles. The minimum atomic E-state index is -3.89. The fourth-order valence-corrected chi connectivity index (χ4v) is 7.42. The Balaban J connectivity index is 1.32. The van der Waals surface area contributed by atoms with E-state index in [1.807, 2.05) is 18.2 Å². The highest BCUT2D eigenvalue weighted by Crippen LogP contribution is 2.38. The van der Waals surface area contributed by atoms with Crippen LogP contribution in [0.5, 0.6) is 5.75 Å². The predicted molar refractivity (Wildman–Crippen MR) is 154 cm³/mol. The number of ether oxygens (including phenoxy) is 4. The van der Waals surface area contributed by atoms with E-state index in [1.165, 1.54) is 23.5 Å². The van der Waals surface area contributed by atoms with E-state index in [0.717, 1.165) is 15.6 Å². The van der Waals surface area contributed by atoms with Crippen LogP contribution in [0.1, 0.15) is 17.9 Å². The van der Waals surface area contributed by atoms with Crippen LogP contribution in [0.25, 0.3) is 10.1 Å². The summed E-state index contributed by atoms with van der Waals surface area (Å²) in [5, 5.41) is 12.8. The number of sulfonamides is 1. The van der Waals surface area contributed by atoms with E-state index in [-0.39, 0.29) is 48.8 Å². The molecule has 5 rings (SSSR count). The number of amides is 1. The molecule has 0 saturated carbocycles. The Bertz CT molecular complexity index is 1470. The molecule has 2 aromatic carbocycles. The molecule has 2 atom stereocenters. The van der Waals surface area contributed by atoms with Crippen molar-refractivity contribution < 1.29 is 37.3 Å². The van der Waals surface area contributed by atoms with Gasteiger partial charge in [-0.3, -0.25) is 4.79 Å². The van der Waals surface area contributed by atoms with E-state index in [4.69, 9.17) is 18.9 Å². The lowest BCUT2D eigenvalue weighted by Crippen LogP contribution is -2.43. The molecular formula is C29H34N2O8S2. The zero-order valence-corrected chi connectivity index (χ0v) is 24.4. The van der Waals surface area contributed by atoms with Crippen LogP contribution < -0.4 is 4.74 Å².